The van der Waals surface area contributed by atoms with Gasteiger partial charge in [0.25, 0.3) is 0 Å². The largest absolute Gasteiger partial charge is 0.504 e. The molecule has 0 atom stereocenters. The molecule has 3 heterocycles. The number of H-pyrrole nitrogens is 2. The highest BCUT2D eigenvalue weighted by Crippen LogP contribution is 2.42. The van der Waals surface area contributed by atoms with Gasteiger partial charge in [-0.1, -0.05) is 36.4 Å². The second-order valence-electron chi connectivity index (χ2n) is 7.80. The Hall–Kier alpha value is -4.79. The van der Waals surface area contributed by atoms with E-state index in [2.05, 4.69) is 9.97 Å². The van der Waals surface area contributed by atoms with Crippen LogP contribution in [0.15, 0.2) is 59.3 Å². The third-order valence-electron chi connectivity index (χ3n) is 5.80. The van der Waals surface area contributed by atoms with E-state index in [-0.39, 0.29) is 24.0 Å². The Bertz CT molecular complexity index is 1600. The average molecular weight is 458 g/mol. The summed E-state index contributed by atoms with van der Waals surface area (Å²) in [5.41, 5.74) is 2.51. The summed E-state index contributed by atoms with van der Waals surface area (Å²) in [4.78, 5) is 42.3. The van der Waals surface area contributed by atoms with Gasteiger partial charge < -0.3 is 29.7 Å². The summed E-state index contributed by atoms with van der Waals surface area (Å²) in [5.74, 6) is -4.67. The minimum atomic E-state index is -1.43. The molecule has 0 aliphatic heterocycles. The Balaban J connectivity index is 1.63. The number of aryl methyl sites for hydroxylation is 1. The molecule has 0 spiro atoms. The zero-order chi connectivity index (χ0) is 24.0. The van der Waals surface area contributed by atoms with Crippen LogP contribution in [0.2, 0.25) is 0 Å². The van der Waals surface area contributed by atoms with Crippen molar-refractivity contribution in [3.63, 3.8) is 0 Å². The molecule has 0 radical (unpaired) electrons. The van der Waals surface area contributed by atoms with Gasteiger partial charge in [0, 0.05) is 46.2 Å². The van der Waals surface area contributed by atoms with E-state index < -0.39 is 35.0 Å². The summed E-state index contributed by atoms with van der Waals surface area (Å²) in [7, 11) is 0. The number of fused-ring (bicyclic) bond motifs is 2. The third kappa shape index (κ3) is 3.30. The van der Waals surface area contributed by atoms with Gasteiger partial charge in [0.15, 0.2) is 5.75 Å². The summed E-state index contributed by atoms with van der Waals surface area (Å²) in [6.45, 7) is 0. The fourth-order valence-corrected chi connectivity index (χ4v) is 4.23. The van der Waals surface area contributed by atoms with Crippen LogP contribution in [0, 0.1) is 0 Å². The maximum absolute atomic E-state index is 13.4. The van der Waals surface area contributed by atoms with Crippen molar-refractivity contribution in [2.75, 3.05) is 0 Å². The van der Waals surface area contributed by atoms with Gasteiger partial charge in [0.2, 0.25) is 17.3 Å². The highest BCUT2D eigenvalue weighted by Gasteiger charge is 2.32. The maximum Gasteiger partial charge on any atom is 0.372 e. The first-order valence-corrected chi connectivity index (χ1v) is 10.4. The molecule has 0 fully saturated rings. The number of aromatic nitrogens is 2. The highest BCUT2D eigenvalue weighted by molar-refractivity contribution is 6.18. The zero-order valence-electron chi connectivity index (χ0n) is 17.6. The number of hydrogen-bond donors (Lipinski definition) is 5. The summed E-state index contributed by atoms with van der Waals surface area (Å²) in [6, 6.07) is 12.3. The van der Waals surface area contributed by atoms with Crippen molar-refractivity contribution in [2.24, 2.45) is 0 Å². The number of aromatic carboxylic acids is 1. The summed E-state index contributed by atoms with van der Waals surface area (Å²) >= 11 is 0. The Morgan fingerprint density at radius 3 is 2.41 bits per heavy atom. The number of carboxylic acid groups (broad SMARTS) is 2. The molecule has 9 nitrogen and oxygen atoms in total. The second kappa shape index (κ2) is 7.96. The van der Waals surface area contributed by atoms with Crippen molar-refractivity contribution in [1.29, 1.82) is 0 Å². The number of aromatic amines is 2. The van der Waals surface area contributed by atoms with Gasteiger partial charge in [0.1, 0.15) is 0 Å². The van der Waals surface area contributed by atoms with Crippen LogP contribution in [0.5, 0.6) is 5.75 Å². The lowest BCUT2D eigenvalue weighted by Crippen LogP contribution is -2.00. The molecule has 0 unspecified atom stereocenters. The summed E-state index contributed by atoms with van der Waals surface area (Å²) < 4.78 is 5.42. The lowest BCUT2D eigenvalue weighted by Gasteiger charge is -2.02. The van der Waals surface area contributed by atoms with Crippen molar-refractivity contribution in [2.45, 2.75) is 12.8 Å². The number of ketones is 1. The second-order valence-corrected chi connectivity index (χ2v) is 7.80. The average Bonchev–Trinajstić information content (AvgIpc) is 3.52. The molecule has 9 heteroatoms. The van der Waals surface area contributed by atoms with E-state index in [1.165, 1.54) is 6.20 Å². The molecular formula is C25H18N2O7. The van der Waals surface area contributed by atoms with Crippen LogP contribution >= 0.6 is 0 Å². The highest BCUT2D eigenvalue weighted by atomic mass is 16.4. The fraction of sp³-hybridized carbons (Fsp3) is 0.0800. The van der Waals surface area contributed by atoms with Gasteiger partial charge in [-0.3, -0.25) is 9.59 Å². The molecule has 0 aliphatic rings. The number of nitrogens with one attached hydrogen (secondary N) is 2. The first-order valence-electron chi connectivity index (χ1n) is 10.4. The summed E-state index contributed by atoms with van der Waals surface area (Å²) in [5, 5.41) is 30.8. The van der Waals surface area contributed by atoms with E-state index in [9.17, 15) is 24.6 Å². The molecule has 0 saturated carbocycles. The molecule has 0 bridgehead atoms. The van der Waals surface area contributed by atoms with E-state index in [1.54, 1.807) is 42.6 Å². The fourth-order valence-electron chi connectivity index (χ4n) is 4.23. The first-order chi connectivity index (χ1) is 16.4. The van der Waals surface area contributed by atoms with E-state index in [0.29, 0.717) is 27.4 Å². The molecule has 2 aromatic carbocycles. The Labute approximate surface area is 191 Å². The quantitative estimate of drug-likeness (QED) is 0.224. The van der Waals surface area contributed by atoms with Crippen LogP contribution in [-0.2, 0) is 11.2 Å². The van der Waals surface area contributed by atoms with Crippen LogP contribution in [0.1, 0.15) is 38.7 Å². The molecule has 3 aromatic heterocycles. The number of furan rings is 1. The molecule has 0 saturated heterocycles. The number of benzene rings is 2. The minimum Gasteiger partial charge on any atom is -0.504 e. The molecular weight excluding hydrogens is 440 g/mol. The molecule has 5 N–H and O–H groups in total. The third-order valence-corrected chi connectivity index (χ3v) is 5.80. The van der Waals surface area contributed by atoms with Crippen molar-refractivity contribution in [1.82, 2.24) is 9.97 Å². The number of carbonyl (C=O) groups is 3. The van der Waals surface area contributed by atoms with E-state index in [1.807, 2.05) is 6.07 Å². The number of aromatic hydroxyl groups is 1. The predicted molar refractivity (Wildman–Crippen MR) is 122 cm³/mol. The van der Waals surface area contributed by atoms with Crippen LogP contribution in [0.25, 0.3) is 32.9 Å². The standard InChI is InChI=1S/C25H18N2O7/c28-18(29)9-8-12-4-3-6-14-16(11-27-20(12)14)21(30)24-22(31)19(23(34-24)25(32)33)15-10-26-17-7-2-1-5-13(15)17/h1-7,10-11,26-27,31H,8-9H2,(H,28,29)(H,32,33). The molecule has 0 amide bonds. The SMILES string of the molecule is O=C(O)CCc1cccc2c(C(=O)c3oc(C(=O)O)c(-c4c[nH]c5ccccc45)c3O)c[nH]c12. The molecule has 170 valence electrons. The lowest BCUT2D eigenvalue weighted by atomic mass is 10.0. The van der Waals surface area contributed by atoms with Gasteiger partial charge in [-0.05, 0) is 18.1 Å². The van der Waals surface area contributed by atoms with Gasteiger partial charge in [-0.25, -0.2) is 4.79 Å². The number of rotatable bonds is 7. The van der Waals surface area contributed by atoms with Gasteiger partial charge in [-0.2, -0.15) is 0 Å². The van der Waals surface area contributed by atoms with Gasteiger partial charge >= 0.3 is 11.9 Å². The first kappa shape index (κ1) is 21.1. The van der Waals surface area contributed by atoms with Crippen LogP contribution in [0.4, 0.5) is 0 Å². The number of para-hydroxylation sites is 2. The van der Waals surface area contributed by atoms with Crippen LogP contribution in [0.3, 0.4) is 0 Å². The maximum atomic E-state index is 13.4. The minimum absolute atomic E-state index is 0.0731. The van der Waals surface area contributed by atoms with Crippen molar-refractivity contribution in [3.8, 4) is 16.9 Å². The number of hydrogen-bond acceptors (Lipinski definition) is 5. The van der Waals surface area contributed by atoms with Crippen molar-refractivity contribution < 1.29 is 34.1 Å². The Morgan fingerprint density at radius 2 is 1.65 bits per heavy atom. The van der Waals surface area contributed by atoms with E-state index >= 15 is 0 Å². The Morgan fingerprint density at radius 1 is 0.882 bits per heavy atom. The molecule has 0 aliphatic carbocycles. The molecule has 34 heavy (non-hydrogen) atoms. The smallest absolute Gasteiger partial charge is 0.372 e. The molecule has 5 rings (SSSR count). The van der Waals surface area contributed by atoms with Crippen LogP contribution < -0.4 is 0 Å². The molecule has 5 aromatic rings. The van der Waals surface area contributed by atoms with Crippen LogP contribution in [-0.4, -0.2) is 43.0 Å². The topological polar surface area (TPSA) is 157 Å². The van der Waals surface area contributed by atoms with E-state index in [4.69, 9.17) is 9.52 Å². The number of carbonyl (C=O) groups excluding carboxylic acids is 1. The van der Waals surface area contributed by atoms with E-state index in [0.717, 1.165) is 5.52 Å². The zero-order valence-corrected chi connectivity index (χ0v) is 17.6. The monoisotopic (exact) mass is 458 g/mol. The number of carboxylic acids is 2. The van der Waals surface area contributed by atoms with Gasteiger partial charge in [0.05, 0.1) is 11.1 Å². The summed E-state index contributed by atoms with van der Waals surface area (Å²) in [6.07, 6.45) is 3.18. The van der Waals surface area contributed by atoms with Gasteiger partial charge in [-0.15, -0.1) is 0 Å². The number of aliphatic carboxylic acids is 1. The predicted octanol–water partition coefficient (Wildman–Crippen LogP) is 4.56. The Kier molecular flexibility index (Phi) is 4.94. The van der Waals surface area contributed by atoms with Crippen molar-refractivity contribution in [3.05, 3.63) is 77.5 Å². The normalized spacial score (nSPS) is 11.3. The van der Waals surface area contributed by atoms with Crippen molar-refractivity contribution >= 4 is 39.5 Å². The lowest BCUT2D eigenvalue weighted by molar-refractivity contribution is -0.136.